The monoisotopic (exact) mass is 345 g/mol. The van der Waals surface area contributed by atoms with Gasteiger partial charge in [0.1, 0.15) is 0 Å². The van der Waals surface area contributed by atoms with Crippen molar-refractivity contribution in [3.63, 3.8) is 0 Å². The summed E-state index contributed by atoms with van der Waals surface area (Å²) in [5.74, 6) is 0. The van der Waals surface area contributed by atoms with Crippen molar-refractivity contribution in [2.45, 2.75) is 3.67 Å². The number of hydrogen-bond acceptors (Lipinski definition) is 0. The fourth-order valence-electron chi connectivity index (χ4n) is 2.16. The van der Waals surface area contributed by atoms with Crippen LogP contribution in [0.25, 0.3) is 11.1 Å². The summed E-state index contributed by atoms with van der Waals surface area (Å²) in [6.45, 7) is 0. The summed E-state index contributed by atoms with van der Waals surface area (Å²) in [4.78, 5) is 0. The Kier molecular flexibility index (Phi) is 1.94. The molecule has 1 heteroatoms. The Bertz CT molecular complexity index is 443. The first kappa shape index (κ1) is 8.60. The molecule has 0 saturated heterocycles. The van der Waals surface area contributed by atoms with Gasteiger partial charge >= 0.3 is 98.8 Å². The quantitative estimate of drug-likeness (QED) is 0.644. The minimum atomic E-state index is 0.697. The van der Waals surface area contributed by atoms with Crippen LogP contribution in [0, 0.1) is 0 Å². The Morgan fingerprint density at radius 3 is 1.64 bits per heavy atom. The third-order valence-electron chi connectivity index (χ3n) is 2.83. The SMILES string of the molecule is [Hf][CH]1c2ccccc2-c2ccccc21. The van der Waals surface area contributed by atoms with Crippen molar-refractivity contribution in [2.24, 2.45) is 0 Å². The fourth-order valence-corrected chi connectivity index (χ4v) is 3.96. The molecule has 0 unspecified atom stereocenters. The predicted octanol–water partition coefficient (Wildman–Crippen LogP) is 3.30. The van der Waals surface area contributed by atoms with E-state index in [1.165, 1.54) is 46.6 Å². The molecule has 0 saturated carbocycles. The topological polar surface area (TPSA) is 0 Å². The van der Waals surface area contributed by atoms with Crippen molar-refractivity contribution in [3.05, 3.63) is 59.7 Å². The van der Waals surface area contributed by atoms with Gasteiger partial charge in [-0.05, 0) is 0 Å². The van der Waals surface area contributed by atoms with Gasteiger partial charge in [-0.25, -0.2) is 0 Å². The molecule has 0 nitrogen and oxygen atoms in total. The summed E-state index contributed by atoms with van der Waals surface area (Å²) in [6, 6.07) is 17.6. The molecule has 0 N–H and O–H groups in total. The van der Waals surface area contributed by atoms with Crippen LogP contribution in [0.4, 0.5) is 0 Å². The number of hydrogen-bond donors (Lipinski definition) is 0. The second kappa shape index (κ2) is 3.16. The molecule has 0 heterocycles. The normalized spacial score (nSPS) is 13.6. The van der Waals surface area contributed by atoms with Crippen molar-refractivity contribution in [1.82, 2.24) is 0 Å². The zero-order chi connectivity index (χ0) is 9.54. The Balaban J connectivity index is 2.36. The van der Waals surface area contributed by atoms with Gasteiger partial charge < -0.3 is 0 Å². The molecule has 14 heavy (non-hydrogen) atoms. The standard InChI is InChI=1S/C13H9.Hf/c1-3-7-12-10(5-1)9-11-6-2-4-8-13(11)12;/h1-9H;. The van der Waals surface area contributed by atoms with Crippen LogP contribution >= 0.6 is 0 Å². The van der Waals surface area contributed by atoms with E-state index < -0.39 is 0 Å². The molecule has 0 aromatic heterocycles. The maximum atomic E-state index is 2.27. The Morgan fingerprint density at radius 2 is 1.14 bits per heavy atom. The first-order chi connectivity index (χ1) is 6.88. The predicted molar refractivity (Wildman–Crippen MR) is 53.7 cm³/mol. The molecule has 0 amide bonds. The molecule has 0 bridgehead atoms. The van der Waals surface area contributed by atoms with Gasteiger partial charge in [0.2, 0.25) is 0 Å². The summed E-state index contributed by atoms with van der Waals surface area (Å²) in [7, 11) is 0. The van der Waals surface area contributed by atoms with Crippen LogP contribution in [0.5, 0.6) is 0 Å². The van der Waals surface area contributed by atoms with Crippen LogP contribution in [-0.2, 0) is 24.4 Å². The third-order valence-corrected chi connectivity index (χ3v) is 5.07. The minimum absolute atomic E-state index is 0.697. The molecule has 0 aliphatic heterocycles. The fraction of sp³-hybridized carbons (Fsp3) is 0.0769. The van der Waals surface area contributed by atoms with E-state index in [1.54, 1.807) is 0 Å². The molecule has 2 aromatic carbocycles. The van der Waals surface area contributed by atoms with Crippen LogP contribution in [-0.4, -0.2) is 0 Å². The summed E-state index contributed by atoms with van der Waals surface area (Å²) < 4.78 is 0.697. The van der Waals surface area contributed by atoms with E-state index >= 15 is 0 Å². The summed E-state index contributed by atoms with van der Waals surface area (Å²) >= 11 is 1.21. The Morgan fingerprint density at radius 1 is 0.714 bits per heavy atom. The molecule has 0 spiro atoms. The van der Waals surface area contributed by atoms with E-state index in [4.69, 9.17) is 0 Å². The molecule has 0 atom stereocenters. The van der Waals surface area contributed by atoms with E-state index in [9.17, 15) is 0 Å². The van der Waals surface area contributed by atoms with Gasteiger partial charge in [0.05, 0.1) is 0 Å². The van der Waals surface area contributed by atoms with Gasteiger partial charge in [-0.1, -0.05) is 0 Å². The molecule has 1 aliphatic rings. The second-order valence-electron chi connectivity index (χ2n) is 3.61. The van der Waals surface area contributed by atoms with Crippen LogP contribution in [0.3, 0.4) is 0 Å². The van der Waals surface area contributed by atoms with E-state index in [2.05, 4.69) is 48.5 Å². The molecular formula is C13H9Hf. The van der Waals surface area contributed by atoms with E-state index in [0.29, 0.717) is 3.67 Å². The summed E-state index contributed by atoms with van der Waals surface area (Å²) in [6.07, 6.45) is 0. The van der Waals surface area contributed by atoms with Crippen molar-refractivity contribution in [2.75, 3.05) is 0 Å². The zero-order valence-electron chi connectivity index (χ0n) is 7.70. The van der Waals surface area contributed by atoms with Crippen LogP contribution in [0.2, 0.25) is 0 Å². The molecule has 2 aromatic rings. The molecular weight excluding hydrogens is 335 g/mol. The average Bonchev–Trinajstić information content (AvgIpc) is 2.55. The first-order valence-electron chi connectivity index (χ1n) is 4.77. The number of fused-ring (bicyclic) bond motifs is 3. The van der Waals surface area contributed by atoms with Crippen LogP contribution < -0.4 is 0 Å². The first-order valence-corrected chi connectivity index (χ1v) is 6.84. The molecule has 0 fully saturated rings. The van der Waals surface area contributed by atoms with E-state index in [-0.39, 0.29) is 0 Å². The summed E-state index contributed by atoms with van der Waals surface area (Å²) in [5.41, 5.74) is 5.95. The molecule has 3 rings (SSSR count). The number of benzene rings is 2. The Hall–Kier alpha value is -0.690. The van der Waals surface area contributed by atoms with Gasteiger partial charge in [-0.2, -0.15) is 0 Å². The van der Waals surface area contributed by atoms with E-state index in [1.807, 2.05) is 0 Å². The van der Waals surface area contributed by atoms with Crippen LogP contribution in [0.1, 0.15) is 14.8 Å². The van der Waals surface area contributed by atoms with Gasteiger partial charge in [-0.15, -0.1) is 0 Å². The summed E-state index contributed by atoms with van der Waals surface area (Å²) in [5, 5.41) is 0. The third kappa shape index (κ3) is 1.08. The van der Waals surface area contributed by atoms with Gasteiger partial charge in [-0.3, -0.25) is 0 Å². The van der Waals surface area contributed by atoms with Crippen molar-refractivity contribution >= 4 is 0 Å². The molecule has 0 radical (unpaired) electrons. The van der Waals surface area contributed by atoms with Gasteiger partial charge in [0.25, 0.3) is 0 Å². The van der Waals surface area contributed by atoms with Gasteiger partial charge in [0.15, 0.2) is 0 Å². The van der Waals surface area contributed by atoms with E-state index in [0.717, 1.165) is 0 Å². The number of rotatable bonds is 0. The molecule has 65 valence electrons. The zero-order valence-corrected chi connectivity index (χ0v) is 11.3. The molecule has 1 aliphatic carbocycles. The maximum absolute atomic E-state index is 2.27. The average molecular weight is 344 g/mol. The Labute approximate surface area is 98.5 Å². The van der Waals surface area contributed by atoms with Crippen molar-refractivity contribution < 1.29 is 24.4 Å². The van der Waals surface area contributed by atoms with Crippen molar-refractivity contribution in [3.8, 4) is 11.1 Å². The van der Waals surface area contributed by atoms with Crippen LogP contribution in [0.15, 0.2) is 48.5 Å². The second-order valence-corrected chi connectivity index (χ2v) is 5.68. The van der Waals surface area contributed by atoms with Gasteiger partial charge in [0, 0.05) is 0 Å². The van der Waals surface area contributed by atoms with Crippen molar-refractivity contribution in [1.29, 1.82) is 0 Å².